The molecule has 1 aromatic heterocycles. The van der Waals surface area contributed by atoms with Crippen LogP contribution in [0.1, 0.15) is 34.3 Å². The summed E-state index contributed by atoms with van der Waals surface area (Å²) >= 11 is 6.45. The van der Waals surface area contributed by atoms with Gasteiger partial charge in [0.2, 0.25) is 0 Å². The predicted molar refractivity (Wildman–Crippen MR) is 119 cm³/mol. The van der Waals surface area contributed by atoms with Crippen LogP contribution in [0.5, 0.6) is 0 Å². The number of aromatic nitrogens is 1. The lowest BCUT2D eigenvalue weighted by Gasteiger charge is -2.33. The number of hydrogen-bond acceptors (Lipinski definition) is 5. The van der Waals surface area contributed by atoms with Crippen LogP contribution in [-0.2, 0) is 11.3 Å². The molecule has 1 aromatic carbocycles. The fourth-order valence-electron chi connectivity index (χ4n) is 4.11. The molecule has 2 aliphatic heterocycles. The molecule has 30 heavy (non-hydrogen) atoms. The molecule has 160 valence electrons. The van der Waals surface area contributed by atoms with Crippen LogP contribution in [0.4, 0.5) is 5.82 Å². The van der Waals surface area contributed by atoms with Gasteiger partial charge in [-0.05, 0) is 31.4 Å². The van der Waals surface area contributed by atoms with E-state index < -0.39 is 0 Å². The number of nitrogens with one attached hydrogen (secondary N) is 1. The van der Waals surface area contributed by atoms with Crippen molar-refractivity contribution in [2.75, 3.05) is 44.7 Å². The number of morpholine rings is 1. The molecule has 0 radical (unpaired) electrons. The summed E-state index contributed by atoms with van der Waals surface area (Å²) in [5, 5.41) is 3.97. The highest BCUT2D eigenvalue weighted by molar-refractivity contribution is 6.33. The molecule has 6 nitrogen and oxygen atoms in total. The topological polar surface area (TPSA) is 57.7 Å². The molecular formula is C23H29ClN4O2. The van der Waals surface area contributed by atoms with Crippen LogP contribution in [0.25, 0.3) is 0 Å². The second kappa shape index (κ2) is 9.77. The van der Waals surface area contributed by atoms with E-state index in [1.54, 1.807) is 17.2 Å². The quantitative estimate of drug-likeness (QED) is 0.788. The first-order chi connectivity index (χ1) is 14.6. The van der Waals surface area contributed by atoms with Crippen molar-refractivity contribution in [1.29, 1.82) is 0 Å². The molecule has 1 N–H and O–H groups in total. The highest BCUT2D eigenvalue weighted by Gasteiger charge is 2.22. The summed E-state index contributed by atoms with van der Waals surface area (Å²) in [6.07, 6.45) is 3.70. The van der Waals surface area contributed by atoms with E-state index in [-0.39, 0.29) is 5.91 Å². The zero-order valence-corrected chi connectivity index (χ0v) is 18.2. The highest BCUT2D eigenvalue weighted by Crippen LogP contribution is 2.24. The monoisotopic (exact) mass is 428 g/mol. The van der Waals surface area contributed by atoms with Crippen LogP contribution in [0.3, 0.4) is 0 Å². The number of anilines is 1. The number of likely N-dealkylation sites (tertiary alicyclic amines) is 1. The van der Waals surface area contributed by atoms with Gasteiger partial charge in [-0.3, -0.25) is 9.69 Å². The van der Waals surface area contributed by atoms with Crippen molar-refractivity contribution in [2.24, 2.45) is 0 Å². The first-order valence-corrected chi connectivity index (χ1v) is 11.0. The molecule has 0 saturated carbocycles. The van der Waals surface area contributed by atoms with Gasteiger partial charge in [-0.2, -0.15) is 0 Å². The Kier molecular flexibility index (Phi) is 6.87. The number of amides is 1. The Morgan fingerprint density at radius 2 is 1.97 bits per heavy atom. The number of rotatable bonds is 5. The van der Waals surface area contributed by atoms with Crippen molar-refractivity contribution >= 4 is 23.3 Å². The summed E-state index contributed by atoms with van der Waals surface area (Å²) in [4.78, 5) is 21.3. The number of piperidine rings is 1. The van der Waals surface area contributed by atoms with E-state index in [0.29, 0.717) is 48.7 Å². The minimum absolute atomic E-state index is 0.0382. The molecule has 0 spiro atoms. The van der Waals surface area contributed by atoms with Crippen molar-refractivity contribution < 1.29 is 9.53 Å². The molecule has 0 unspecified atom stereocenters. The third-order valence-corrected chi connectivity index (χ3v) is 6.09. The lowest BCUT2D eigenvalue weighted by atomic mass is 10.0. The second-order valence-corrected chi connectivity index (χ2v) is 8.55. The minimum atomic E-state index is -0.0382. The van der Waals surface area contributed by atoms with Crippen molar-refractivity contribution in [2.45, 2.75) is 32.4 Å². The zero-order chi connectivity index (χ0) is 20.9. The van der Waals surface area contributed by atoms with Gasteiger partial charge in [0.15, 0.2) is 0 Å². The van der Waals surface area contributed by atoms with Gasteiger partial charge in [0, 0.05) is 45.0 Å². The molecule has 2 aromatic rings. The number of ether oxygens (including phenoxy) is 1. The average Bonchev–Trinajstić information content (AvgIpc) is 2.76. The maximum Gasteiger partial charge on any atom is 0.255 e. The molecule has 2 aliphatic rings. The van der Waals surface area contributed by atoms with E-state index in [9.17, 15) is 4.79 Å². The van der Waals surface area contributed by atoms with Crippen LogP contribution in [-0.4, -0.2) is 66.1 Å². The number of carbonyl (C=O) groups excluding carboxylic acids is 1. The number of halogens is 1. The molecule has 4 rings (SSSR count). The smallest absolute Gasteiger partial charge is 0.255 e. The maximum atomic E-state index is 12.6. The minimum Gasteiger partial charge on any atom is -0.378 e. The van der Waals surface area contributed by atoms with E-state index in [4.69, 9.17) is 16.3 Å². The van der Waals surface area contributed by atoms with Crippen molar-refractivity contribution in [3.63, 3.8) is 0 Å². The van der Waals surface area contributed by atoms with E-state index in [1.807, 2.05) is 0 Å². The number of hydrogen-bond donors (Lipinski definition) is 1. The Hall–Kier alpha value is -2.15. The van der Waals surface area contributed by atoms with Gasteiger partial charge in [-0.15, -0.1) is 0 Å². The fourth-order valence-corrected chi connectivity index (χ4v) is 4.33. The number of benzene rings is 1. The molecule has 3 heterocycles. The Labute approximate surface area is 183 Å². The molecule has 2 saturated heterocycles. The Morgan fingerprint density at radius 3 is 2.67 bits per heavy atom. The largest absolute Gasteiger partial charge is 0.378 e. The normalized spacial score (nSPS) is 18.4. The number of carbonyl (C=O) groups is 1. The fraction of sp³-hybridized carbons (Fsp3) is 0.478. The van der Waals surface area contributed by atoms with Gasteiger partial charge in [0.1, 0.15) is 5.82 Å². The summed E-state index contributed by atoms with van der Waals surface area (Å²) in [6, 6.07) is 10.8. The number of aryl methyl sites for hydroxylation is 1. The van der Waals surface area contributed by atoms with Gasteiger partial charge in [0.05, 0.1) is 23.8 Å². The van der Waals surface area contributed by atoms with Gasteiger partial charge >= 0.3 is 0 Å². The van der Waals surface area contributed by atoms with Gasteiger partial charge in [-0.1, -0.05) is 41.4 Å². The van der Waals surface area contributed by atoms with E-state index in [1.165, 1.54) is 11.1 Å². The zero-order valence-electron chi connectivity index (χ0n) is 17.4. The number of pyridine rings is 1. The maximum absolute atomic E-state index is 12.6. The Morgan fingerprint density at radius 1 is 1.20 bits per heavy atom. The molecule has 0 aliphatic carbocycles. The van der Waals surface area contributed by atoms with Crippen LogP contribution < -0.4 is 5.32 Å². The summed E-state index contributed by atoms with van der Waals surface area (Å²) < 4.78 is 5.31. The lowest BCUT2D eigenvalue weighted by Crippen LogP contribution is -2.40. The van der Waals surface area contributed by atoms with Gasteiger partial charge in [-0.25, -0.2) is 4.98 Å². The third-order valence-electron chi connectivity index (χ3n) is 5.80. The number of nitrogens with zero attached hydrogens (tertiary/aromatic N) is 3. The van der Waals surface area contributed by atoms with Crippen LogP contribution in [0.15, 0.2) is 36.5 Å². The predicted octanol–water partition coefficient (Wildman–Crippen LogP) is 3.59. The van der Waals surface area contributed by atoms with Crippen molar-refractivity contribution in [3.8, 4) is 0 Å². The standard InChI is InChI=1S/C23H29ClN4O2/c1-17-3-2-4-18(13-17)16-27-7-5-20(6-8-27)26-22-21(24)14-19(15-25-22)23(29)28-9-11-30-12-10-28/h2-4,13-15,20H,5-12,16H2,1H3,(H,25,26). The Balaban J connectivity index is 1.30. The van der Waals surface area contributed by atoms with Crippen LogP contribution >= 0.6 is 11.6 Å². The van der Waals surface area contributed by atoms with Crippen molar-refractivity contribution in [1.82, 2.24) is 14.8 Å². The average molecular weight is 429 g/mol. The second-order valence-electron chi connectivity index (χ2n) is 8.14. The highest BCUT2D eigenvalue weighted by atomic mass is 35.5. The summed E-state index contributed by atoms with van der Waals surface area (Å²) in [6.45, 7) is 7.58. The van der Waals surface area contributed by atoms with Crippen molar-refractivity contribution in [3.05, 3.63) is 58.2 Å². The SMILES string of the molecule is Cc1cccc(CN2CCC(Nc3ncc(C(=O)N4CCOCC4)cc3Cl)CC2)c1. The first kappa shape index (κ1) is 21.1. The van der Waals surface area contributed by atoms with E-state index >= 15 is 0 Å². The lowest BCUT2D eigenvalue weighted by molar-refractivity contribution is 0.0302. The molecule has 2 fully saturated rings. The molecule has 0 bridgehead atoms. The van der Waals surface area contributed by atoms with E-state index in [2.05, 4.69) is 46.4 Å². The molecular weight excluding hydrogens is 400 g/mol. The van der Waals surface area contributed by atoms with Crippen LogP contribution in [0, 0.1) is 6.92 Å². The molecule has 1 amide bonds. The summed E-state index contributed by atoms with van der Waals surface area (Å²) in [5.41, 5.74) is 3.20. The molecule has 0 atom stereocenters. The van der Waals surface area contributed by atoms with E-state index in [0.717, 1.165) is 32.5 Å². The molecule has 7 heteroatoms. The third kappa shape index (κ3) is 5.31. The van der Waals surface area contributed by atoms with Gasteiger partial charge < -0.3 is 15.0 Å². The van der Waals surface area contributed by atoms with Gasteiger partial charge in [0.25, 0.3) is 5.91 Å². The Bertz CT molecular complexity index is 877. The first-order valence-electron chi connectivity index (χ1n) is 10.7. The summed E-state index contributed by atoms with van der Waals surface area (Å²) in [7, 11) is 0. The van der Waals surface area contributed by atoms with Crippen LogP contribution in [0.2, 0.25) is 5.02 Å². The summed E-state index contributed by atoms with van der Waals surface area (Å²) in [5.74, 6) is 0.621.